The van der Waals surface area contributed by atoms with E-state index in [2.05, 4.69) is 32.0 Å². The van der Waals surface area contributed by atoms with Gasteiger partial charge in [-0.25, -0.2) is 0 Å². The first kappa shape index (κ1) is 13.4. The maximum Gasteiger partial charge on any atom is 0.127 e. The lowest BCUT2D eigenvalue weighted by molar-refractivity contribution is -1.03. The molecule has 3 nitrogen and oxygen atoms in total. The van der Waals surface area contributed by atoms with E-state index in [4.69, 9.17) is 4.74 Å². The van der Waals surface area contributed by atoms with Gasteiger partial charge in [0, 0.05) is 5.56 Å². The Hall–Kier alpha value is -1.06. The first-order valence-electron chi connectivity index (χ1n) is 7.00. The summed E-state index contributed by atoms with van der Waals surface area (Å²) in [5.74, 6) is 1.03. The molecule has 0 unspecified atom stereocenters. The number of piperazine rings is 1. The molecule has 18 heavy (non-hydrogen) atoms. The lowest BCUT2D eigenvalue weighted by atomic mass is 10.1. The maximum atomic E-state index is 5.43. The second-order valence-corrected chi connectivity index (χ2v) is 5.55. The highest BCUT2D eigenvalue weighted by molar-refractivity contribution is 5.32. The van der Waals surface area contributed by atoms with E-state index >= 15 is 0 Å². The van der Waals surface area contributed by atoms with Crippen LogP contribution in [0.1, 0.15) is 19.4 Å². The molecule has 0 amide bonds. The predicted molar refractivity (Wildman–Crippen MR) is 73.2 cm³/mol. The summed E-state index contributed by atoms with van der Waals surface area (Å²) in [7, 11) is 1.76. The van der Waals surface area contributed by atoms with E-state index in [0.29, 0.717) is 0 Å². The Kier molecular flexibility index (Phi) is 4.61. The lowest BCUT2D eigenvalue weighted by Crippen LogP contribution is -3.28. The Balaban J connectivity index is 1.91. The van der Waals surface area contributed by atoms with Crippen molar-refractivity contribution < 1.29 is 14.5 Å². The Labute approximate surface area is 110 Å². The summed E-state index contributed by atoms with van der Waals surface area (Å²) in [5.41, 5.74) is 1.34. The van der Waals surface area contributed by atoms with Crippen LogP contribution in [0.25, 0.3) is 0 Å². The number of nitrogens with one attached hydrogen (secondary N) is 2. The van der Waals surface area contributed by atoms with Gasteiger partial charge in [0.2, 0.25) is 0 Å². The van der Waals surface area contributed by atoms with Crippen LogP contribution >= 0.6 is 0 Å². The lowest BCUT2D eigenvalue weighted by Gasteiger charge is -2.32. The molecule has 100 valence electrons. The van der Waals surface area contributed by atoms with Crippen LogP contribution in [0.3, 0.4) is 0 Å². The molecular weight excluding hydrogens is 224 g/mol. The molecule has 2 N–H and O–H groups in total. The van der Waals surface area contributed by atoms with Crippen LogP contribution in [-0.4, -0.2) is 39.3 Å². The summed E-state index contributed by atoms with van der Waals surface area (Å²) in [6.45, 7) is 10.9. The monoisotopic (exact) mass is 250 g/mol. The largest absolute Gasteiger partial charge is 0.496 e. The molecule has 0 aromatic heterocycles. The van der Waals surface area contributed by atoms with E-state index in [1.807, 2.05) is 6.07 Å². The van der Waals surface area contributed by atoms with Crippen molar-refractivity contribution in [1.82, 2.24) is 0 Å². The van der Waals surface area contributed by atoms with Crippen LogP contribution in [0.15, 0.2) is 24.3 Å². The molecule has 1 aromatic carbocycles. The fraction of sp³-hybridized carbons (Fsp3) is 0.600. The van der Waals surface area contributed by atoms with Crippen molar-refractivity contribution in [2.45, 2.75) is 26.4 Å². The number of para-hydroxylation sites is 1. The molecule has 0 spiro atoms. The van der Waals surface area contributed by atoms with Gasteiger partial charge in [-0.1, -0.05) is 12.1 Å². The first-order chi connectivity index (χ1) is 8.70. The molecule has 1 fully saturated rings. The second-order valence-electron chi connectivity index (χ2n) is 5.55. The van der Waals surface area contributed by atoms with Crippen LogP contribution in [0.5, 0.6) is 5.75 Å². The molecule has 1 aliphatic heterocycles. The zero-order valence-electron chi connectivity index (χ0n) is 11.8. The van der Waals surface area contributed by atoms with Gasteiger partial charge in [-0.15, -0.1) is 0 Å². The molecule has 0 radical (unpaired) electrons. The van der Waals surface area contributed by atoms with Crippen molar-refractivity contribution in [3.05, 3.63) is 29.8 Å². The Morgan fingerprint density at radius 2 is 1.78 bits per heavy atom. The van der Waals surface area contributed by atoms with Crippen molar-refractivity contribution >= 4 is 0 Å². The molecular formula is C15H26N2O+2. The molecule has 1 heterocycles. The third kappa shape index (κ3) is 3.24. The summed E-state index contributed by atoms with van der Waals surface area (Å²) in [4.78, 5) is 3.43. The molecule has 3 heteroatoms. The van der Waals surface area contributed by atoms with Gasteiger partial charge < -0.3 is 14.5 Å². The standard InChI is InChI=1S/C15H24N2O/c1-13(2)17-10-8-16(9-11-17)12-14-6-4-5-7-15(14)18-3/h4-7,13H,8-12H2,1-3H3/p+2. The third-order valence-corrected chi connectivity index (χ3v) is 4.05. The van der Waals surface area contributed by atoms with Crippen molar-refractivity contribution in [3.8, 4) is 5.75 Å². The fourth-order valence-electron chi connectivity index (χ4n) is 2.80. The van der Waals surface area contributed by atoms with Crippen LogP contribution in [-0.2, 0) is 6.54 Å². The minimum Gasteiger partial charge on any atom is -0.496 e. The highest BCUT2D eigenvalue weighted by Gasteiger charge is 2.25. The van der Waals surface area contributed by atoms with Crippen molar-refractivity contribution in [2.24, 2.45) is 0 Å². The molecule has 1 aliphatic rings. The SMILES string of the molecule is COc1ccccc1C[NH+]1CC[NH+](C(C)C)CC1. The molecule has 1 aromatic rings. The minimum absolute atomic E-state index is 0.762. The topological polar surface area (TPSA) is 18.1 Å². The van der Waals surface area contributed by atoms with Gasteiger partial charge in [0.05, 0.1) is 13.2 Å². The third-order valence-electron chi connectivity index (χ3n) is 4.05. The molecule has 0 saturated carbocycles. The number of methoxy groups -OCH3 is 1. The average molecular weight is 250 g/mol. The van der Waals surface area contributed by atoms with E-state index in [9.17, 15) is 0 Å². The second kappa shape index (κ2) is 6.21. The molecule has 0 atom stereocenters. The van der Waals surface area contributed by atoms with E-state index in [-0.39, 0.29) is 0 Å². The molecule has 0 aliphatic carbocycles. The van der Waals surface area contributed by atoms with Crippen LogP contribution in [0.4, 0.5) is 0 Å². The van der Waals surface area contributed by atoms with Crippen molar-refractivity contribution in [1.29, 1.82) is 0 Å². The van der Waals surface area contributed by atoms with E-state index in [1.54, 1.807) is 16.9 Å². The van der Waals surface area contributed by atoms with Crippen molar-refractivity contribution in [3.63, 3.8) is 0 Å². The van der Waals surface area contributed by atoms with Gasteiger partial charge in [-0.2, -0.15) is 0 Å². The number of hydrogen-bond acceptors (Lipinski definition) is 1. The minimum atomic E-state index is 0.762. The average Bonchev–Trinajstić information content (AvgIpc) is 2.40. The normalized spacial score (nSPS) is 24.2. The van der Waals surface area contributed by atoms with E-state index < -0.39 is 0 Å². The van der Waals surface area contributed by atoms with Crippen LogP contribution in [0, 0.1) is 0 Å². The zero-order chi connectivity index (χ0) is 13.0. The Bertz CT molecular complexity index is 371. The maximum absolute atomic E-state index is 5.43. The number of quaternary nitrogens is 2. The summed E-state index contributed by atoms with van der Waals surface area (Å²) in [6, 6.07) is 9.15. The summed E-state index contributed by atoms with van der Waals surface area (Å²) in [6.07, 6.45) is 0. The van der Waals surface area contributed by atoms with Gasteiger partial charge in [0.1, 0.15) is 38.5 Å². The van der Waals surface area contributed by atoms with Crippen LogP contribution in [0.2, 0.25) is 0 Å². The van der Waals surface area contributed by atoms with Crippen molar-refractivity contribution in [2.75, 3.05) is 33.3 Å². The molecule has 1 saturated heterocycles. The van der Waals surface area contributed by atoms with Gasteiger partial charge in [0.15, 0.2) is 0 Å². The first-order valence-corrected chi connectivity index (χ1v) is 7.00. The highest BCUT2D eigenvalue weighted by Crippen LogP contribution is 2.15. The van der Waals surface area contributed by atoms with Gasteiger partial charge in [-0.05, 0) is 26.0 Å². The quantitative estimate of drug-likeness (QED) is 0.729. The zero-order valence-corrected chi connectivity index (χ0v) is 11.8. The summed E-state index contributed by atoms with van der Waals surface area (Å²) < 4.78 is 5.43. The smallest absolute Gasteiger partial charge is 0.127 e. The van der Waals surface area contributed by atoms with E-state index in [1.165, 1.54) is 31.7 Å². The number of ether oxygens (including phenoxy) is 1. The predicted octanol–water partition coefficient (Wildman–Crippen LogP) is -0.613. The number of rotatable bonds is 4. The Morgan fingerprint density at radius 3 is 2.39 bits per heavy atom. The number of hydrogen-bond donors (Lipinski definition) is 2. The highest BCUT2D eigenvalue weighted by atomic mass is 16.5. The summed E-state index contributed by atoms with van der Waals surface area (Å²) in [5, 5.41) is 0. The summed E-state index contributed by atoms with van der Waals surface area (Å²) >= 11 is 0. The fourth-order valence-corrected chi connectivity index (χ4v) is 2.80. The van der Waals surface area contributed by atoms with Crippen LogP contribution < -0.4 is 14.5 Å². The van der Waals surface area contributed by atoms with Gasteiger partial charge in [-0.3, -0.25) is 0 Å². The van der Waals surface area contributed by atoms with Gasteiger partial charge >= 0.3 is 0 Å². The molecule has 2 rings (SSSR count). The van der Waals surface area contributed by atoms with E-state index in [0.717, 1.165) is 18.3 Å². The molecule has 0 bridgehead atoms. The Morgan fingerprint density at radius 1 is 1.11 bits per heavy atom. The van der Waals surface area contributed by atoms with Gasteiger partial charge in [0.25, 0.3) is 0 Å². The number of benzene rings is 1.